The molecule has 0 saturated heterocycles. The zero-order valence-electron chi connectivity index (χ0n) is 11.5. The second-order valence-corrected chi connectivity index (χ2v) is 6.30. The molecule has 0 aliphatic heterocycles. The van der Waals surface area contributed by atoms with Crippen LogP contribution in [0, 0.1) is 0 Å². The van der Waals surface area contributed by atoms with Crippen LogP contribution in [0.3, 0.4) is 0 Å². The molecule has 4 aromatic rings. The molecule has 0 aromatic heterocycles. The minimum atomic E-state index is 1.27. The number of rotatable bonds is 2. The van der Waals surface area contributed by atoms with Crippen molar-refractivity contribution in [3.63, 3.8) is 0 Å². The Hall–Kier alpha value is -2.17. The summed E-state index contributed by atoms with van der Waals surface area (Å²) in [4.78, 5) is 0. The van der Waals surface area contributed by atoms with Crippen LogP contribution in [0.1, 0.15) is 0 Å². The van der Waals surface area contributed by atoms with E-state index in [9.17, 15) is 0 Å². The van der Waals surface area contributed by atoms with Crippen LogP contribution in [0.25, 0.3) is 21.5 Å². The fraction of sp³-hybridized carbons (Fsp3) is 0. The maximum atomic E-state index is 2.23. The quantitative estimate of drug-likeness (QED) is 0.460. The van der Waals surface area contributed by atoms with Crippen molar-refractivity contribution >= 4 is 40.7 Å². The third-order valence-corrected chi connectivity index (χ3v) is 5.04. The summed E-state index contributed by atoms with van der Waals surface area (Å²) in [6.45, 7) is 0. The zero-order valence-corrected chi connectivity index (χ0v) is 12.4. The molecule has 1 heteroatoms. The molecular weight excluding hydrogens is 271 g/mol. The molecule has 0 amide bonds. The summed E-state index contributed by atoms with van der Waals surface area (Å²) in [6.07, 6.45) is 0. The number of benzene rings is 4. The molecule has 0 radical (unpaired) electrons. The third kappa shape index (κ3) is 2.33. The van der Waals surface area contributed by atoms with E-state index in [0.717, 1.165) is 0 Å². The summed E-state index contributed by atoms with van der Waals surface area (Å²) in [5.41, 5.74) is 0. The van der Waals surface area contributed by atoms with Gasteiger partial charge in [-0.05, 0) is 21.5 Å². The van der Waals surface area contributed by atoms with Gasteiger partial charge in [0.05, 0.1) is 0 Å². The number of fused-ring (bicyclic) bond motifs is 2. The average molecular weight is 285 g/mol. The van der Waals surface area contributed by atoms with Crippen molar-refractivity contribution in [2.75, 3.05) is 0 Å². The first-order valence-corrected chi connectivity index (χ1v) is 7.98. The van der Waals surface area contributed by atoms with Gasteiger partial charge in [0, 0.05) is 0 Å². The lowest BCUT2D eigenvalue weighted by atomic mass is 10.1. The van der Waals surface area contributed by atoms with Crippen LogP contribution in [-0.4, -0.2) is 0 Å². The Kier molecular flexibility index (Phi) is 3.18. The molecule has 4 aromatic carbocycles. The molecule has 0 N–H and O–H groups in total. The van der Waals surface area contributed by atoms with E-state index in [1.165, 1.54) is 40.7 Å². The highest BCUT2D eigenvalue weighted by Crippen LogP contribution is 2.23. The molecule has 100 valence electrons. The first-order chi connectivity index (χ1) is 10.4. The molecule has 0 bridgehead atoms. The molecular formula is C20H14P-. The van der Waals surface area contributed by atoms with Crippen LogP contribution in [0.5, 0.6) is 0 Å². The normalized spacial score (nSPS) is 11.0. The summed E-state index contributed by atoms with van der Waals surface area (Å²) in [7, 11) is 1.27. The first-order valence-electron chi connectivity index (χ1n) is 7.09. The first kappa shape index (κ1) is 12.6. The topological polar surface area (TPSA) is 0 Å². The lowest BCUT2D eigenvalue weighted by molar-refractivity contribution is 1.77. The van der Waals surface area contributed by atoms with Crippen LogP contribution in [0.4, 0.5) is 0 Å². The van der Waals surface area contributed by atoms with Crippen molar-refractivity contribution in [3.05, 3.63) is 84.9 Å². The Morgan fingerprint density at radius 1 is 0.429 bits per heavy atom. The van der Waals surface area contributed by atoms with Crippen LogP contribution < -0.4 is 10.6 Å². The molecule has 0 aliphatic rings. The van der Waals surface area contributed by atoms with Gasteiger partial charge < -0.3 is 8.58 Å². The third-order valence-electron chi connectivity index (χ3n) is 3.77. The fourth-order valence-electron chi connectivity index (χ4n) is 2.74. The van der Waals surface area contributed by atoms with Crippen molar-refractivity contribution in [1.29, 1.82) is 0 Å². The highest BCUT2D eigenvalue weighted by Gasteiger charge is 1.95. The smallest absolute Gasteiger partial charge is 0.0207 e. The number of hydrogen-bond acceptors (Lipinski definition) is 0. The van der Waals surface area contributed by atoms with Gasteiger partial charge in [0.25, 0.3) is 0 Å². The van der Waals surface area contributed by atoms with Crippen LogP contribution in [-0.2, 0) is 0 Å². The Balaban J connectivity index is 1.87. The van der Waals surface area contributed by atoms with Gasteiger partial charge in [0.15, 0.2) is 0 Å². The van der Waals surface area contributed by atoms with Crippen LogP contribution in [0.2, 0.25) is 0 Å². The molecule has 0 aliphatic carbocycles. The summed E-state index contributed by atoms with van der Waals surface area (Å²) in [5.74, 6) is 0. The summed E-state index contributed by atoms with van der Waals surface area (Å²) < 4.78 is 0. The largest absolute Gasteiger partial charge is 0.471 e. The summed E-state index contributed by atoms with van der Waals surface area (Å²) in [6, 6.07) is 30.3. The molecule has 4 rings (SSSR count). The van der Waals surface area contributed by atoms with E-state index >= 15 is 0 Å². The van der Waals surface area contributed by atoms with Crippen LogP contribution >= 0.6 is 8.58 Å². The van der Waals surface area contributed by atoms with Gasteiger partial charge in [0.1, 0.15) is 0 Å². The summed E-state index contributed by atoms with van der Waals surface area (Å²) >= 11 is 0. The highest BCUT2D eigenvalue weighted by molar-refractivity contribution is 7.56. The molecule has 21 heavy (non-hydrogen) atoms. The zero-order chi connectivity index (χ0) is 14.1. The average Bonchev–Trinajstić information content (AvgIpc) is 2.56. The second kappa shape index (κ2) is 5.31. The van der Waals surface area contributed by atoms with E-state index in [2.05, 4.69) is 84.9 Å². The standard InChI is InChI=1S/C20H14P/c1-3-11-17-15(7-1)9-5-13-19(17)21-20-14-6-10-16-8-2-4-12-18(16)20/h1-14H/q-1. The van der Waals surface area contributed by atoms with Gasteiger partial charge in [-0.15, -0.1) is 0 Å². The molecule has 0 saturated carbocycles. The Morgan fingerprint density at radius 3 is 1.38 bits per heavy atom. The van der Waals surface area contributed by atoms with E-state index in [1.807, 2.05) is 0 Å². The van der Waals surface area contributed by atoms with Crippen molar-refractivity contribution in [2.24, 2.45) is 0 Å². The van der Waals surface area contributed by atoms with E-state index in [4.69, 9.17) is 0 Å². The molecule has 0 fully saturated rings. The summed E-state index contributed by atoms with van der Waals surface area (Å²) in [5, 5.41) is 8.03. The van der Waals surface area contributed by atoms with Gasteiger partial charge >= 0.3 is 0 Å². The molecule has 0 atom stereocenters. The lowest BCUT2D eigenvalue weighted by Crippen LogP contribution is -2.05. The second-order valence-electron chi connectivity index (χ2n) is 5.11. The van der Waals surface area contributed by atoms with Crippen molar-refractivity contribution in [2.45, 2.75) is 0 Å². The number of hydrogen-bond donors (Lipinski definition) is 0. The van der Waals surface area contributed by atoms with E-state index in [-0.39, 0.29) is 0 Å². The van der Waals surface area contributed by atoms with Crippen molar-refractivity contribution < 1.29 is 0 Å². The van der Waals surface area contributed by atoms with Gasteiger partial charge in [-0.3, -0.25) is 0 Å². The molecule has 0 nitrogen and oxygen atoms in total. The Morgan fingerprint density at radius 2 is 0.857 bits per heavy atom. The van der Waals surface area contributed by atoms with Gasteiger partial charge in [-0.25, -0.2) is 0 Å². The van der Waals surface area contributed by atoms with E-state index < -0.39 is 0 Å². The Bertz CT molecular complexity index is 837. The predicted molar refractivity (Wildman–Crippen MR) is 94.1 cm³/mol. The van der Waals surface area contributed by atoms with Crippen molar-refractivity contribution in [1.82, 2.24) is 0 Å². The predicted octanol–water partition coefficient (Wildman–Crippen LogP) is 4.89. The minimum absolute atomic E-state index is 1.27. The monoisotopic (exact) mass is 285 g/mol. The SMILES string of the molecule is c1ccc2c([P-]c3cccc4ccccc34)cccc2c1. The minimum Gasteiger partial charge on any atom is -0.471 e. The fourth-order valence-corrected chi connectivity index (χ4v) is 3.97. The molecule has 0 heterocycles. The van der Waals surface area contributed by atoms with E-state index in [1.54, 1.807) is 0 Å². The van der Waals surface area contributed by atoms with Gasteiger partial charge in [-0.2, -0.15) is 10.6 Å². The van der Waals surface area contributed by atoms with Gasteiger partial charge in [0.2, 0.25) is 0 Å². The molecule has 0 spiro atoms. The maximum absolute atomic E-state index is 2.23. The highest BCUT2D eigenvalue weighted by atomic mass is 31.1. The lowest BCUT2D eigenvalue weighted by Gasteiger charge is -2.24. The van der Waals surface area contributed by atoms with Gasteiger partial charge in [-0.1, -0.05) is 84.9 Å². The van der Waals surface area contributed by atoms with Crippen LogP contribution in [0.15, 0.2) is 84.9 Å². The van der Waals surface area contributed by atoms with E-state index in [0.29, 0.717) is 0 Å². The Labute approximate surface area is 126 Å². The van der Waals surface area contributed by atoms with Crippen molar-refractivity contribution in [3.8, 4) is 0 Å². The molecule has 0 unspecified atom stereocenters. The maximum Gasteiger partial charge on any atom is -0.0207 e.